The molecule has 9 heteroatoms. The largest absolute Gasteiger partial charge is 0.361 e. The number of nitrogens with two attached hydrogens (primary N) is 1. The Bertz CT molecular complexity index is 1600. The molecular formula is C32H36N6O3. The first-order valence-electron chi connectivity index (χ1n) is 13.8. The summed E-state index contributed by atoms with van der Waals surface area (Å²) in [7, 11) is 1.58. The summed E-state index contributed by atoms with van der Waals surface area (Å²) in [6.45, 7) is 4.23. The lowest BCUT2D eigenvalue weighted by atomic mass is 9.93. The van der Waals surface area contributed by atoms with Crippen molar-refractivity contribution < 1.29 is 14.4 Å². The van der Waals surface area contributed by atoms with Crippen LogP contribution in [0.15, 0.2) is 72.9 Å². The van der Waals surface area contributed by atoms with E-state index in [9.17, 15) is 14.4 Å². The summed E-state index contributed by atoms with van der Waals surface area (Å²) in [5.74, 6) is -0.510. The van der Waals surface area contributed by atoms with Gasteiger partial charge in [0.25, 0.3) is 0 Å². The average molecular weight is 553 g/mol. The van der Waals surface area contributed by atoms with Crippen molar-refractivity contribution in [2.45, 2.75) is 44.8 Å². The van der Waals surface area contributed by atoms with Gasteiger partial charge in [-0.3, -0.25) is 9.59 Å². The van der Waals surface area contributed by atoms with E-state index < -0.39 is 11.6 Å². The van der Waals surface area contributed by atoms with Crippen LogP contribution in [0.2, 0.25) is 0 Å². The van der Waals surface area contributed by atoms with Crippen LogP contribution in [-0.2, 0) is 29.0 Å². The molecule has 1 unspecified atom stereocenters. The number of benzene rings is 3. The van der Waals surface area contributed by atoms with Crippen LogP contribution in [0.25, 0.3) is 22.0 Å². The van der Waals surface area contributed by atoms with Crippen molar-refractivity contribution in [3.63, 3.8) is 0 Å². The van der Waals surface area contributed by atoms with E-state index in [1.54, 1.807) is 20.9 Å². The maximum absolute atomic E-state index is 13.9. The summed E-state index contributed by atoms with van der Waals surface area (Å²) in [5.41, 5.74) is 11.7. The molecule has 4 amide bonds. The van der Waals surface area contributed by atoms with E-state index in [4.69, 9.17) is 5.73 Å². The van der Waals surface area contributed by atoms with Gasteiger partial charge in [-0.15, -0.1) is 0 Å². The van der Waals surface area contributed by atoms with Gasteiger partial charge in [0.2, 0.25) is 11.8 Å². The van der Waals surface area contributed by atoms with Crippen molar-refractivity contribution in [2.75, 3.05) is 18.9 Å². The molecule has 1 aliphatic rings. The molecule has 4 aromatic rings. The van der Waals surface area contributed by atoms with Crippen molar-refractivity contribution in [1.29, 1.82) is 0 Å². The number of hydrogen-bond donors (Lipinski definition) is 5. The van der Waals surface area contributed by atoms with Crippen LogP contribution < -0.4 is 21.7 Å². The van der Waals surface area contributed by atoms with Crippen molar-refractivity contribution in [1.82, 2.24) is 20.5 Å². The Labute approximate surface area is 239 Å². The van der Waals surface area contributed by atoms with Gasteiger partial charge in [0, 0.05) is 49.2 Å². The number of amides is 4. The lowest BCUT2D eigenvalue weighted by Gasteiger charge is -2.33. The standard InChI is InChI=1S/C32H36N6O3/c1-32(2,33)30(40)36-28(17-23-18-35-26-10-6-4-9-25(23)26)29(39)38-15-14-20-16-21(12-13-22(20)19-38)24-8-5-7-11-27(24)37-31(41)34-3/h4-13,16,18,28,35H,14-15,17,19,33H2,1-3H3,(H,36,40)(H2,34,37,41). The number of aromatic amines is 1. The van der Waals surface area contributed by atoms with Gasteiger partial charge in [0.1, 0.15) is 6.04 Å². The zero-order chi connectivity index (χ0) is 29.1. The maximum atomic E-state index is 13.9. The van der Waals surface area contributed by atoms with Crippen LogP contribution >= 0.6 is 0 Å². The van der Waals surface area contributed by atoms with Crippen LogP contribution in [0.1, 0.15) is 30.5 Å². The number of rotatable bonds is 7. The fraction of sp³-hybridized carbons (Fsp3) is 0.281. The zero-order valence-electron chi connectivity index (χ0n) is 23.6. The third-order valence-corrected chi connectivity index (χ3v) is 7.53. The normalized spacial score (nSPS) is 13.8. The first-order valence-corrected chi connectivity index (χ1v) is 13.8. The van der Waals surface area contributed by atoms with E-state index in [1.165, 1.54) is 0 Å². The molecule has 6 N–H and O–H groups in total. The molecule has 1 aliphatic heterocycles. The number of nitrogens with one attached hydrogen (secondary N) is 4. The smallest absolute Gasteiger partial charge is 0.318 e. The molecule has 0 spiro atoms. The van der Waals surface area contributed by atoms with Gasteiger partial charge in [-0.2, -0.15) is 0 Å². The summed E-state index contributed by atoms with van der Waals surface area (Å²) in [4.78, 5) is 43.8. The monoisotopic (exact) mass is 552 g/mol. The minimum Gasteiger partial charge on any atom is -0.361 e. The number of nitrogens with zero attached hydrogens (tertiary/aromatic N) is 1. The van der Waals surface area contributed by atoms with Crippen LogP contribution in [-0.4, -0.2) is 52.9 Å². The van der Waals surface area contributed by atoms with Gasteiger partial charge in [0.05, 0.1) is 11.2 Å². The molecule has 3 aromatic carbocycles. The highest BCUT2D eigenvalue weighted by Crippen LogP contribution is 2.31. The molecule has 0 fully saturated rings. The van der Waals surface area contributed by atoms with E-state index in [0.29, 0.717) is 25.9 Å². The second kappa shape index (κ2) is 11.5. The van der Waals surface area contributed by atoms with Crippen molar-refractivity contribution >= 4 is 34.4 Å². The number of aromatic nitrogens is 1. The Morgan fingerprint density at radius 2 is 1.78 bits per heavy atom. The van der Waals surface area contributed by atoms with Crippen LogP contribution in [0, 0.1) is 0 Å². The second-order valence-corrected chi connectivity index (χ2v) is 11.1. The van der Waals surface area contributed by atoms with Crippen LogP contribution in [0.3, 0.4) is 0 Å². The summed E-state index contributed by atoms with van der Waals surface area (Å²) < 4.78 is 0. The van der Waals surface area contributed by atoms with Gasteiger partial charge in [-0.05, 0) is 54.7 Å². The highest BCUT2D eigenvalue weighted by molar-refractivity contribution is 5.95. The van der Waals surface area contributed by atoms with Gasteiger partial charge in [-0.1, -0.05) is 54.6 Å². The highest BCUT2D eigenvalue weighted by atomic mass is 16.2. The van der Waals surface area contributed by atoms with E-state index >= 15 is 0 Å². The second-order valence-electron chi connectivity index (χ2n) is 11.1. The minimum atomic E-state index is -1.12. The molecule has 41 heavy (non-hydrogen) atoms. The number of carbonyl (C=O) groups excluding carboxylic acids is 3. The number of hydrogen-bond acceptors (Lipinski definition) is 4. The van der Waals surface area contributed by atoms with Crippen molar-refractivity contribution in [3.05, 3.63) is 89.6 Å². The molecule has 0 radical (unpaired) electrons. The van der Waals surface area contributed by atoms with Crippen molar-refractivity contribution in [3.8, 4) is 11.1 Å². The molecular weight excluding hydrogens is 516 g/mol. The third-order valence-electron chi connectivity index (χ3n) is 7.53. The number of para-hydroxylation sites is 2. The molecule has 9 nitrogen and oxygen atoms in total. The molecule has 0 aliphatic carbocycles. The first-order chi connectivity index (χ1) is 19.6. The fourth-order valence-electron chi connectivity index (χ4n) is 5.22. The topological polar surface area (TPSA) is 132 Å². The summed E-state index contributed by atoms with van der Waals surface area (Å²) in [6.07, 6.45) is 2.92. The van der Waals surface area contributed by atoms with Gasteiger partial charge >= 0.3 is 6.03 Å². The molecule has 1 atom stereocenters. The zero-order valence-corrected chi connectivity index (χ0v) is 23.6. The maximum Gasteiger partial charge on any atom is 0.318 e. The summed E-state index contributed by atoms with van der Waals surface area (Å²) in [5, 5.41) is 9.42. The van der Waals surface area contributed by atoms with E-state index in [-0.39, 0.29) is 17.8 Å². The van der Waals surface area contributed by atoms with Crippen LogP contribution in [0.5, 0.6) is 0 Å². The minimum absolute atomic E-state index is 0.136. The van der Waals surface area contributed by atoms with E-state index in [1.807, 2.05) is 71.8 Å². The molecule has 0 bridgehead atoms. The highest BCUT2D eigenvalue weighted by Gasteiger charge is 2.32. The Kier molecular flexibility index (Phi) is 7.81. The number of urea groups is 1. The molecule has 0 saturated heterocycles. The SMILES string of the molecule is CNC(=O)Nc1ccccc1-c1ccc2c(c1)CCN(C(=O)C(Cc1c[nH]c3ccccc13)NC(=O)C(C)(C)N)C2. The molecule has 0 saturated carbocycles. The molecule has 1 aromatic heterocycles. The Balaban J connectivity index is 1.37. The van der Waals surface area contributed by atoms with Gasteiger partial charge < -0.3 is 31.6 Å². The average Bonchev–Trinajstić information content (AvgIpc) is 3.38. The number of carbonyl (C=O) groups is 3. The Hall–Kier alpha value is -4.63. The fourth-order valence-corrected chi connectivity index (χ4v) is 5.22. The number of fused-ring (bicyclic) bond motifs is 2. The molecule has 2 heterocycles. The van der Waals surface area contributed by atoms with Gasteiger partial charge in [-0.25, -0.2) is 4.79 Å². The van der Waals surface area contributed by atoms with E-state index in [0.717, 1.165) is 44.4 Å². The predicted molar refractivity (Wildman–Crippen MR) is 161 cm³/mol. The lowest BCUT2D eigenvalue weighted by molar-refractivity contribution is -0.138. The Morgan fingerprint density at radius 1 is 1.02 bits per heavy atom. The summed E-state index contributed by atoms with van der Waals surface area (Å²) in [6, 6.07) is 20.7. The van der Waals surface area contributed by atoms with Crippen molar-refractivity contribution in [2.24, 2.45) is 5.73 Å². The third kappa shape index (κ3) is 6.10. The molecule has 5 rings (SSSR count). The lowest BCUT2D eigenvalue weighted by Crippen LogP contribution is -2.57. The quantitative estimate of drug-likeness (QED) is 0.238. The van der Waals surface area contributed by atoms with Gasteiger partial charge in [0.15, 0.2) is 0 Å². The Morgan fingerprint density at radius 3 is 2.56 bits per heavy atom. The number of anilines is 1. The number of H-pyrrole nitrogens is 1. The molecule has 212 valence electrons. The summed E-state index contributed by atoms with van der Waals surface area (Å²) >= 11 is 0. The van der Waals surface area contributed by atoms with E-state index in [2.05, 4.69) is 27.0 Å². The predicted octanol–water partition coefficient (Wildman–Crippen LogP) is 3.94. The van der Waals surface area contributed by atoms with Crippen LogP contribution in [0.4, 0.5) is 10.5 Å². The first kappa shape index (κ1) is 27.9.